The van der Waals surface area contributed by atoms with Crippen molar-refractivity contribution >= 4 is 57.3 Å². The number of benzene rings is 1. The largest absolute Gasteiger partial charge is 0.461 e. The molecule has 0 saturated heterocycles. The Morgan fingerprint density at radius 2 is 1.57 bits per heavy atom. The van der Waals surface area contributed by atoms with Gasteiger partial charge in [0.1, 0.15) is 18.9 Å². The summed E-state index contributed by atoms with van der Waals surface area (Å²) in [7, 11) is -4.73. The van der Waals surface area contributed by atoms with E-state index < -0.39 is 87.7 Å². The van der Waals surface area contributed by atoms with Gasteiger partial charge in [0, 0.05) is 44.3 Å². The van der Waals surface area contributed by atoms with Gasteiger partial charge in [0.05, 0.1) is 17.8 Å². The number of imide groups is 1. The summed E-state index contributed by atoms with van der Waals surface area (Å²) in [6, 6.07) is 1.62. The van der Waals surface area contributed by atoms with Crippen LogP contribution in [-0.2, 0) is 50.2 Å². The van der Waals surface area contributed by atoms with Crippen molar-refractivity contribution in [2.45, 2.75) is 90.3 Å². The number of aliphatic hydroxyl groups is 1. The van der Waals surface area contributed by atoms with E-state index in [9.17, 15) is 51.6 Å². The van der Waals surface area contributed by atoms with Gasteiger partial charge < -0.3 is 36.8 Å². The summed E-state index contributed by atoms with van der Waals surface area (Å²) in [4.78, 5) is 86.2. The van der Waals surface area contributed by atoms with Gasteiger partial charge >= 0.3 is 12.0 Å². The van der Waals surface area contributed by atoms with Crippen molar-refractivity contribution in [2.24, 2.45) is 11.7 Å². The van der Waals surface area contributed by atoms with Gasteiger partial charge in [-0.1, -0.05) is 32.4 Å². The standard InChI is InChI=1S/C33H49N7O12S/c1-20(2)29(39-31(46)25(19-53(49,50)51)37-26(42)9-5-4-6-17-40-27(43)14-15-28(40)44)32(47)38-24(8-7-16-35-33(34)48)30(45)36-23-12-10-22(11-13-23)18-52-21(3)41/h10-15,20,24-25,29,31,39,46H,4-9,16-19H2,1-3H3,(H,36,45)(H,37,42)(H,38,47)(H3,34,35,48)(H,49,50,51)/t24-,25-,29-,31?/m1/s1. The van der Waals surface area contributed by atoms with Crippen LogP contribution in [0.4, 0.5) is 10.5 Å². The number of hydrogen-bond acceptors (Lipinski definition) is 12. The van der Waals surface area contributed by atoms with Crippen molar-refractivity contribution in [3.8, 4) is 0 Å². The highest BCUT2D eigenvalue weighted by atomic mass is 32.2. The molecule has 0 aliphatic carbocycles. The van der Waals surface area contributed by atoms with Gasteiger partial charge in [0.25, 0.3) is 21.9 Å². The molecule has 1 unspecified atom stereocenters. The Morgan fingerprint density at radius 3 is 2.13 bits per heavy atom. The predicted octanol–water partition coefficient (Wildman–Crippen LogP) is -0.588. The molecule has 0 spiro atoms. The molecule has 7 amide bonds. The lowest BCUT2D eigenvalue weighted by molar-refractivity contribution is -0.142. The van der Waals surface area contributed by atoms with Crippen LogP contribution in [0, 0.1) is 5.92 Å². The number of esters is 1. The van der Waals surface area contributed by atoms with Crippen molar-refractivity contribution in [2.75, 3.05) is 24.2 Å². The third kappa shape index (κ3) is 17.0. The van der Waals surface area contributed by atoms with Crippen LogP contribution in [-0.4, -0.2) is 108 Å². The van der Waals surface area contributed by atoms with Crippen LogP contribution in [0.1, 0.15) is 64.9 Å². The minimum absolute atomic E-state index is 0.0324. The molecule has 1 aliphatic rings. The number of nitrogens with zero attached hydrogens (tertiary/aromatic N) is 1. The van der Waals surface area contributed by atoms with Crippen molar-refractivity contribution < 1.29 is 56.4 Å². The molecule has 1 heterocycles. The summed E-state index contributed by atoms with van der Waals surface area (Å²) in [6.07, 6.45) is 1.77. The zero-order chi connectivity index (χ0) is 39.7. The number of carbonyl (C=O) groups is 7. The molecular formula is C33H49N7O12S. The molecule has 0 saturated carbocycles. The molecule has 20 heteroatoms. The molecule has 294 valence electrons. The molecule has 2 rings (SSSR count). The number of nitrogens with one attached hydrogen (secondary N) is 5. The van der Waals surface area contributed by atoms with Crippen molar-refractivity contribution in [3.05, 3.63) is 42.0 Å². The van der Waals surface area contributed by atoms with Crippen molar-refractivity contribution in [1.29, 1.82) is 0 Å². The monoisotopic (exact) mass is 767 g/mol. The van der Waals surface area contributed by atoms with E-state index in [0.29, 0.717) is 30.5 Å². The topological polar surface area (TPSA) is 293 Å². The van der Waals surface area contributed by atoms with Gasteiger partial charge in [-0.2, -0.15) is 8.42 Å². The second-order valence-electron chi connectivity index (χ2n) is 12.7. The van der Waals surface area contributed by atoms with E-state index in [1.807, 2.05) is 0 Å². The first kappa shape index (κ1) is 44.2. The highest BCUT2D eigenvalue weighted by Crippen LogP contribution is 2.14. The summed E-state index contributed by atoms with van der Waals surface area (Å²) in [6.45, 7) is 4.79. The Bertz CT molecular complexity index is 1580. The van der Waals surface area contributed by atoms with E-state index >= 15 is 0 Å². The van der Waals surface area contributed by atoms with Crippen molar-refractivity contribution in [1.82, 2.24) is 26.2 Å². The normalized spacial score (nSPS) is 15.0. The fraction of sp³-hybridized carbons (Fsp3) is 0.545. The van der Waals surface area contributed by atoms with E-state index in [4.69, 9.17) is 10.5 Å². The summed E-state index contributed by atoms with van der Waals surface area (Å²) < 4.78 is 38.1. The Kier molecular flexibility index (Phi) is 18.0. The fourth-order valence-electron chi connectivity index (χ4n) is 5.12. The molecule has 0 radical (unpaired) electrons. The van der Waals surface area contributed by atoms with Crippen LogP contribution in [0.5, 0.6) is 0 Å². The molecule has 9 N–H and O–H groups in total. The van der Waals surface area contributed by atoms with Crippen LogP contribution in [0.3, 0.4) is 0 Å². The first-order valence-corrected chi connectivity index (χ1v) is 18.6. The number of hydrogen-bond donors (Lipinski definition) is 8. The summed E-state index contributed by atoms with van der Waals surface area (Å²) >= 11 is 0. The molecule has 0 aromatic heterocycles. The average molecular weight is 768 g/mol. The first-order chi connectivity index (χ1) is 24.9. The number of aliphatic hydroxyl groups excluding tert-OH is 1. The lowest BCUT2D eigenvalue weighted by atomic mass is 10.0. The Balaban J connectivity index is 2.08. The van der Waals surface area contributed by atoms with Crippen molar-refractivity contribution in [3.63, 3.8) is 0 Å². The second kappa shape index (κ2) is 21.6. The van der Waals surface area contributed by atoms with Crippen LogP contribution in [0.15, 0.2) is 36.4 Å². The summed E-state index contributed by atoms with van der Waals surface area (Å²) in [5, 5.41) is 23.7. The molecule has 1 aromatic carbocycles. The Labute approximate surface area is 307 Å². The smallest absolute Gasteiger partial charge is 0.312 e. The molecule has 19 nitrogen and oxygen atoms in total. The van der Waals surface area contributed by atoms with Crippen LogP contribution in [0.25, 0.3) is 0 Å². The predicted molar refractivity (Wildman–Crippen MR) is 190 cm³/mol. The molecule has 4 atom stereocenters. The van der Waals surface area contributed by atoms with Crippen LogP contribution >= 0.6 is 0 Å². The average Bonchev–Trinajstić information content (AvgIpc) is 3.38. The van der Waals surface area contributed by atoms with E-state index in [-0.39, 0.29) is 39.0 Å². The number of urea groups is 1. The third-order valence-corrected chi connectivity index (χ3v) is 8.65. The molecule has 1 aromatic rings. The zero-order valence-electron chi connectivity index (χ0n) is 29.8. The molecule has 1 aliphatic heterocycles. The molecular weight excluding hydrogens is 718 g/mol. The van der Waals surface area contributed by atoms with Crippen LogP contribution < -0.4 is 32.3 Å². The molecule has 0 fully saturated rings. The van der Waals surface area contributed by atoms with E-state index in [0.717, 1.165) is 4.90 Å². The van der Waals surface area contributed by atoms with E-state index in [1.54, 1.807) is 38.1 Å². The number of primary amides is 1. The number of rotatable bonds is 23. The number of amides is 7. The lowest BCUT2D eigenvalue weighted by Gasteiger charge is -2.31. The van der Waals surface area contributed by atoms with Crippen LogP contribution in [0.2, 0.25) is 0 Å². The van der Waals surface area contributed by atoms with Gasteiger partial charge in [-0.15, -0.1) is 0 Å². The maximum atomic E-state index is 13.6. The summed E-state index contributed by atoms with van der Waals surface area (Å²) in [5.41, 5.74) is 6.15. The van der Waals surface area contributed by atoms with Gasteiger partial charge in [-0.05, 0) is 49.3 Å². The van der Waals surface area contributed by atoms with Gasteiger partial charge in [0.15, 0.2) is 0 Å². The SMILES string of the molecule is CC(=O)OCc1ccc(NC(=O)[C@@H](CCCNC(N)=O)NC(=O)[C@H](NC(O)[C@@H](CS(=O)(=O)O)NC(=O)CCCCCN2C(=O)C=CC2=O)C(C)C)cc1. The number of carbonyl (C=O) groups excluding carboxylic acids is 7. The highest BCUT2D eigenvalue weighted by Gasteiger charge is 2.33. The van der Waals surface area contributed by atoms with E-state index in [2.05, 4.69) is 26.6 Å². The quantitative estimate of drug-likeness (QED) is 0.0228. The van der Waals surface area contributed by atoms with Gasteiger partial charge in [-0.3, -0.25) is 43.5 Å². The number of ether oxygens (including phenoxy) is 1. The Morgan fingerprint density at radius 1 is 0.925 bits per heavy atom. The molecule has 53 heavy (non-hydrogen) atoms. The van der Waals surface area contributed by atoms with Gasteiger partial charge in [0.2, 0.25) is 17.7 Å². The second-order valence-corrected chi connectivity index (χ2v) is 14.2. The fourth-order valence-corrected chi connectivity index (χ4v) is 5.84. The lowest BCUT2D eigenvalue weighted by Crippen LogP contribution is -2.60. The van der Waals surface area contributed by atoms with Gasteiger partial charge in [-0.25, -0.2) is 4.79 Å². The first-order valence-electron chi connectivity index (χ1n) is 16.9. The minimum atomic E-state index is -4.73. The number of anilines is 1. The molecule has 0 bridgehead atoms. The minimum Gasteiger partial charge on any atom is -0.461 e. The highest BCUT2D eigenvalue weighted by molar-refractivity contribution is 7.85. The number of unbranched alkanes of at least 4 members (excludes halogenated alkanes) is 2. The van der Waals surface area contributed by atoms with E-state index in [1.165, 1.54) is 19.1 Å². The zero-order valence-corrected chi connectivity index (χ0v) is 30.6. The number of nitrogens with two attached hydrogens (primary N) is 1. The maximum Gasteiger partial charge on any atom is 0.312 e. The third-order valence-electron chi connectivity index (χ3n) is 7.87. The summed E-state index contributed by atoms with van der Waals surface area (Å²) in [5.74, 6) is -5.01. The Hall–Kier alpha value is -4.92. The maximum absolute atomic E-state index is 13.6.